The van der Waals surface area contributed by atoms with Gasteiger partial charge in [-0.25, -0.2) is 0 Å². The van der Waals surface area contributed by atoms with E-state index in [9.17, 15) is 22.8 Å². The van der Waals surface area contributed by atoms with Crippen LogP contribution >= 0.6 is 34.2 Å². The number of ether oxygens (including phenoxy) is 1. The number of carbonyl (C=O) groups excluding carboxylic acids is 2. The van der Waals surface area contributed by atoms with E-state index in [1.54, 1.807) is 19.1 Å². The summed E-state index contributed by atoms with van der Waals surface area (Å²) < 4.78 is 49.2. The minimum atomic E-state index is -4.80. The molecule has 1 unspecified atom stereocenters. The first kappa shape index (κ1) is 28.9. The fourth-order valence-electron chi connectivity index (χ4n) is 4.02. The molecule has 0 spiro atoms. The number of carbonyl (C=O) groups is 2. The highest BCUT2D eigenvalue weighted by Crippen LogP contribution is 2.47. The Hall–Kier alpha value is -2.63. The lowest BCUT2D eigenvalue weighted by atomic mass is 9.84. The van der Waals surface area contributed by atoms with Gasteiger partial charge in [0.05, 0.1) is 11.1 Å². The van der Waals surface area contributed by atoms with E-state index in [2.05, 4.69) is 10.6 Å². The van der Waals surface area contributed by atoms with Crippen LogP contribution in [-0.4, -0.2) is 31.1 Å². The van der Waals surface area contributed by atoms with Crippen molar-refractivity contribution in [1.29, 1.82) is 0 Å². The Morgan fingerprint density at radius 2 is 1.59 bits per heavy atom. The zero-order valence-electron chi connectivity index (χ0n) is 20.5. The van der Waals surface area contributed by atoms with Gasteiger partial charge in [0.1, 0.15) is 0 Å². The third kappa shape index (κ3) is 5.94. The predicted molar refractivity (Wildman–Crippen MR) is 146 cm³/mol. The van der Waals surface area contributed by atoms with Gasteiger partial charge in [-0.2, -0.15) is 13.2 Å². The average molecular weight is 645 g/mol. The number of aryl methyl sites for hydroxylation is 1. The number of anilines is 1. The molecule has 1 atom stereocenters. The highest BCUT2D eigenvalue weighted by molar-refractivity contribution is 14.1. The number of alkyl halides is 3. The van der Waals surface area contributed by atoms with E-state index >= 15 is 0 Å². The van der Waals surface area contributed by atoms with Crippen LogP contribution in [0.5, 0.6) is 0 Å². The van der Waals surface area contributed by atoms with E-state index in [1.165, 1.54) is 48.5 Å². The number of rotatable bonds is 7. The standard InChI is InChI=1S/C27H25ClF3IN2O3/c1-15(2)33-25(36)23-20(6-5-7-21(23)32)24(35)34-22-13-10-18(14-16(22)3)26(37-4,27(29,30)31)17-8-11-19(28)12-9-17/h5-15H,1-4H3,(H,33,36)(H,34,35). The first-order chi connectivity index (χ1) is 17.3. The lowest BCUT2D eigenvalue weighted by Gasteiger charge is -2.35. The SMILES string of the molecule is COC(c1ccc(Cl)cc1)(c1ccc(NC(=O)c2cccc(I)c2C(=O)NC(C)C)c(C)c1)C(F)(F)F. The van der Waals surface area contributed by atoms with Crippen LogP contribution in [0, 0.1) is 10.5 Å². The number of halogens is 5. The van der Waals surface area contributed by atoms with E-state index < -0.39 is 23.6 Å². The summed E-state index contributed by atoms with van der Waals surface area (Å²) in [6.07, 6.45) is -4.80. The molecule has 5 nitrogen and oxygen atoms in total. The number of amides is 2. The number of methoxy groups -OCH3 is 1. The summed E-state index contributed by atoms with van der Waals surface area (Å²) in [7, 11) is 0.994. The van der Waals surface area contributed by atoms with Gasteiger partial charge in [-0.15, -0.1) is 0 Å². The van der Waals surface area contributed by atoms with Gasteiger partial charge in [0.2, 0.25) is 5.60 Å². The summed E-state index contributed by atoms with van der Waals surface area (Å²) in [5.41, 5.74) is -1.99. The largest absolute Gasteiger partial charge is 0.425 e. The molecule has 0 heterocycles. The van der Waals surface area contributed by atoms with Crippen LogP contribution in [0.25, 0.3) is 0 Å². The maximum Gasteiger partial charge on any atom is 0.425 e. The molecule has 0 aliphatic carbocycles. The number of nitrogens with one attached hydrogen (secondary N) is 2. The van der Waals surface area contributed by atoms with Gasteiger partial charge in [0.25, 0.3) is 11.8 Å². The zero-order valence-corrected chi connectivity index (χ0v) is 23.4. The van der Waals surface area contributed by atoms with E-state index in [0.29, 0.717) is 19.8 Å². The third-order valence-corrected chi connectivity index (χ3v) is 6.89. The fraction of sp³-hybridized carbons (Fsp3) is 0.259. The quantitative estimate of drug-likeness (QED) is 0.270. The van der Waals surface area contributed by atoms with Crippen LogP contribution in [0.15, 0.2) is 60.7 Å². The van der Waals surface area contributed by atoms with Crippen molar-refractivity contribution in [2.45, 2.75) is 38.6 Å². The van der Waals surface area contributed by atoms with E-state index in [0.717, 1.165) is 7.11 Å². The average Bonchev–Trinajstić information content (AvgIpc) is 2.81. The predicted octanol–water partition coefficient (Wildman–Crippen LogP) is 7.10. The molecule has 2 amide bonds. The molecule has 2 N–H and O–H groups in total. The van der Waals surface area contributed by atoms with Crippen LogP contribution in [0.2, 0.25) is 5.02 Å². The maximum atomic E-state index is 14.5. The topological polar surface area (TPSA) is 67.4 Å². The van der Waals surface area contributed by atoms with Gasteiger partial charge in [-0.05, 0) is 90.4 Å². The second kappa shape index (κ2) is 11.4. The Balaban J connectivity index is 2.01. The highest BCUT2D eigenvalue weighted by atomic mass is 127. The molecule has 0 aliphatic rings. The van der Waals surface area contributed by atoms with E-state index in [1.807, 2.05) is 36.4 Å². The van der Waals surface area contributed by atoms with Crippen LogP contribution < -0.4 is 10.6 Å². The molecular weight excluding hydrogens is 620 g/mol. The van der Waals surface area contributed by atoms with Crippen LogP contribution in [0.3, 0.4) is 0 Å². The Bertz CT molecular complexity index is 1310. The third-order valence-electron chi connectivity index (χ3n) is 5.74. The number of hydrogen-bond donors (Lipinski definition) is 2. The van der Waals surface area contributed by atoms with Crippen molar-refractivity contribution in [3.05, 3.63) is 97.1 Å². The van der Waals surface area contributed by atoms with Crippen molar-refractivity contribution in [3.63, 3.8) is 0 Å². The summed E-state index contributed by atoms with van der Waals surface area (Å²) in [6, 6.07) is 14.0. The summed E-state index contributed by atoms with van der Waals surface area (Å²) in [5.74, 6) is -0.954. The van der Waals surface area contributed by atoms with Crippen molar-refractivity contribution in [2.75, 3.05) is 12.4 Å². The Morgan fingerprint density at radius 1 is 0.973 bits per heavy atom. The highest BCUT2D eigenvalue weighted by Gasteiger charge is 2.58. The molecule has 37 heavy (non-hydrogen) atoms. The molecule has 3 rings (SSSR count). The molecule has 3 aromatic carbocycles. The minimum absolute atomic E-state index is 0.135. The number of benzene rings is 3. The molecule has 0 aliphatic heterocycles. The normalized spacial score (nSPS) is 13.2. The van der Waals surface area contributed by atoms with Crippen LogP contribution in [-0.2, 0) is 10.3 Å². The minimum Gasteiger partial charge on any atom is -0.360 e. The molecule has 0 saturated heterocycles. The summed E-state index contributed by atoms with van der Waals surface area (Å²) in [6.45, 7) is 5.20. The molecule has 0 saturated carbocycles. The lowest BCUT2D eigenvalue weighted by molar-refractivity contribution is -0.258. The first-order valence-electron chi connectivity index (χ1n) is 11.2. The summed E-state index contributed by atoms with van der Waals surface area (Å²) in [5, 5.41) is 5.80. The van der Waals surface area contributed by atoms with Crippen molar-refractivity contribution in [1.82, 2.24) is 5.32 Å². The van der Waals surface area contributed by atoms with Crippen molar-refractivity contribution in [2.24, 2.45) is 0 Å². The zero-order chi connectivity index (χ0) is 27.5. The van der Waals surface area contributed by atoms with Crippen LogP contribution in [0.4, 0.5) is 18.9 Å². The molecule has 3 aromatic rings. The Kier molecular flexibility index (Phi) is 8.92. The van der Waals surface area contributed by atoms with E-state index in [4.69, 9.17) is 16.3 Å². The van der Waals surface area contributed by atoms with Gasteiger partial charge in [-0.3, -0.25) is 9.59 Å². The fourth-order valence-corrected chi connectivity index (χ4v) is 4.89. The first-order valence-corrected chi connectivity index (χ1v) is 12.7. The van der Waals surface area contributed by atoms with Gasteiger partial charge < -0.3 is 15.4 Å². The molecule has 0 bridgehead atoms. The molecular formula is C27H25ClF3IN2O3. The smallest absolute Gasteiger partial charge is 0.360 e. The van der Waals surface area contributed by atoms with Crippen molar-refractivity contribution >= 4 is 51.7 Å². The van der Waals surface area contributed by atoms with Crippen molar-refractivity contribution in [3.8, 4) is 0 Å². The van der Waals surface area contributed by atoms with Gasteiger partial charge in [0.15, 0.2) is 0 Å². The van der Waals surface area contributed by atoms with Crippen LogP contribution in [0.1, 0.15) is 51.3 Å². The monoisotopic (exact) mass is 644 g/mol. The molecule has 0 fully saturated rings. The maximum absolute atomic E-state index is 14.5. The molecule has 0 radical (unpaired) electrons. The molecule has 0 aromatic heterocycles. The molecule has 10 heteroatoms. The molecule has 196 valence electrons. The van der Waals surface area contributed by atoms with E-state index in [-0.39, 0.29) is 28.3 Å². The summed E-state index contributed by atoms with van der Waals surface area (Å²) >= 11 is 7.87. The second-order valence-electron chi connectivity index (χ2n) is 8.66. The second-order valence-corrected chi connectivity index (χ2v) is 10.3. The van der Waals surface area contributed by atoms with Gasteiger partial charge in [0, 0.05) is 27.4 Å². The van der Waals surface area contributed by atoms with Gasteiger partial charge >= 0.3 is 6.18 Å². The van der Waals surface area contributed by atoms with Crippen molar-refractivity contribution < 1.29 is 27.5 Å². The Morgan fingerprint density at radius 3 is 2.14 bits per heavy atom. The number of hydrogen-bond acceptors (Lipinski definition) is 3. The lowest BCUT2D eigenvalue weighted by Crippen LogP contribution is -2.45. The summed E-state index contributed by atoms with van der Waals surface area (Å²) in [4.78, 5) is 25.9. The Labute approximate surface area is 231 Å². The van der Waals surface area contributed by atoms with Gasteiger partial charge in [-0.1, -0.05) is 41.9 Å².